The molecule has 1 aliphatic heterocycles. The molecule has 2 heterocycles. The van der Waals surface area contributed by atoms with E-state index < -0.39 is 0 Å². The van der Waals surface area contributed by atoms with Crippen LogP contribution in [0, 0.1) is 6.92 Å². The number of fused-ring (bicyclic) bond motifs is 1. The first kappa shape index (κ1) is 13.9. The first-order valence-electron chi connectivity index (χ1n) is 7.49. The Morgan fingerprint density at radius 3 is 2.67 bits per heavy atom. The van der Waals surface area contributed by atoms with Gasteiger partial charge in [0.2, 0.25) is 5.91 Å². The lowest BCUT2D eigenvalue weighted by molar-refractivity contribution is -0.118. The van der Waals surface area contributed by atoms with Gasteiger partial charge in [0.25, 0.3) is 5.56 Å². The van der Waals surface area contributed by atoms with E-state index in [0.717, 1.165) is 48.0 Å². The van der Waals surface area contributed by atoms with Crippen molar-refractivity contribution in [1.82, 2.24) is 4.57 Å². The van der Waals surface area contributed by atoms with Crippen LogP contribution in [-0.2, 0) is 11.8 Å². The summed E-state index contributed by atoms with van der Waals surface area (Å²) >= 11 is 0. The number of hydrogen-bond donors (Lipinski definition) is 0. The molecular formula is C17H20N2O2. The maximum Gasteiger partial charge on any atom is 0.251 e. The zero-order chi connectivity index (χ0) is 15.0. The van der Waals surface area contributed by atoms with Crippen LogP contribution in [0.1, 0.15) is 31.2 Å². The van der Waals surface area contributed by atoms with Crippen molar-refractivity contribution < 1.29 is 4.79 Å². The third kappa shape index (κ3) is 2.46. The van der Waals surface area contributed by atoms with Crippen LogP contribution in [0.4, 0.5) is 5.69 Å². The molecule has 0 bridgehead atoms. The van der Waals surface area contributed by atoms with Crippen molar-refractivity contribution in [3.8, 4) is 0 Å². The summed E-state index contributed by atoms with van der Waals surface area (Å²) in [5, 5.41) is 1.06. The first-order chi connectivity index (χ1) is 10.1. The predicted octanol–water partition coefficient (Wildman–Crippen LogP) is 2.75. The second kappa shape index (κ2) is 5.35. The van der Waals surface area contributed by atoms with Gasteiger partial charge in [0.15, 0.2) is 0 Å². The number of carbonyl (C=O) groups excluding carboxylic acids is 1. The standard InChI is InChI=1S/C17H20N2O2/c1-12-10-17(21)18(2)15-11-13(7-8-14(12)15)19-9-5-3-4-6-16(19)20/h7-8,10-11H,3-6,9H2,1-2H3. The van der Waals surface area contributed by atoms with Crippen molar-refractivity contribution in [2.24, 2.45) is 7.05 Å². The van der Waals surface area contributed by atoms with Gasteiger partial charge in [0.1, 0.15) is 0 Å². The Labute approximate surface area is 124 Å². The van der Waals surface area contributed by atoms with Crippen LogP contribution in [0.3, 0.4) is 0 Å². The SMILES string of the molecule is Cc1cc(=O)n(C)c2cc(N3CCCCCC3=O)ccc12. The van der Waals surface area contributed by atoms with Gasteiger partial charge in [-0.15, -0.1) is 0 Å². The van der Waals surface area contributed by atoms with Gasteiger partial charge < -0.3 is 9.47 Å². The maximum atomic E-state index is 12.2. The number of amides is 1. The molecule has 0 aliphatic carbocycles. The summed E-state index contributed by atoms with van der Waals surface area (Å²) in [5.41, 5.74) is 2.74. The molecular weight excluding hydrogens is 264 g/mol. The molecule has 0 saturated carbocycles. The van der Waals surface area contributed by atoms with E-state index in [-0.39, 0.29) is 11.5 Å². The van der Waals surface area contributed by atoms with E-state index in [9.17, 15) is 9.59 Å². The average molecular weight is 284 g/mol. The number of aryl methyl sites for hydroxylation is 2. The fraction of sp³-hybridized carbons (Fsp3) is 0.412. The van der Waals surface area contributed by atoms with Crippen molar-refractivity contribution in [2.75, 3.05) is 11.4 Å². The maximum absolute atomic E-state index is 12.2. The van der Waals surface area contributed by atoms with Crippen molar-refractivity contribution in [3.63, 3.8) is 0 Å². The predicted molar refractivity (Wildman–Crippen MR) is 84.7 cm³/mol. The van der Waals surface area contributed by atoms with E-state index in [1.807, 2.05) is 30.0 Å². The molecule has 0 unspecified atom stereocenters. The summed E-state index contributed by atoms with van der Waals surface area (Å²) in [6.07, 6.45) is 3.73. The van der Waals surface area contributed by atoms with Gasteiger partial charge in [0.05, 0.1) is 5.52 Å². The smallest absolute Gasteiger partial charge is 0.251 e. The fourth-order valence-corrected chi connectivity index (χ4v) is 3.03. The number of nitrogens with zero attached hydrogens (tertiary/aromatic N) is 2. The lowest BCUT2D eigenvalue weighted by Crippen LogP contribution is -2.30. The molecule has 0 radical (unpaired) electrons. The quantitative estimate of drug-likeness (QED) is 0.808. The molecule has 0 atom stereocenters. The summed E-state index contributed by atoms with van der Waals surface area (Å²) in [7, 11) is 1.78. The lowest BCUT2D eigenvalue weighted by Gasteiger charge is -2.21. The molecule has 1 amide bonds. The van der Waals surface area contributed by atoms with E-state index >= 15 is 0 Å². The van der Waals surface area contributed by atoms with Crippen LogP contribution < -0.4 is 10.5 Å². The third-order valence-corrected chi connectivity index (χ3v) is 4.32. The van der Waals surface area contributed by atoms with Gasteiger partial charge in [-0.3, -0.25) is 9.59 Å². The Morgan fingerprint density at radius 1 is 1.05 bits per heavy atom. The Bertz CT molecular complexity index is 761. The first-order valence-corrected chi connectivity index (χ1v) is 7.49. The Kier molecular flexibility index (Phi) is 3.53. The van der Waals surface area contributed by atoms with E-state index in [0.29, 0.717) is 6.42 Å². The highest BCUT2D eigenvalue weighted by molar-refractivity contribution is 5.96. The van der Waals surface area contributed by atoms with Gasteiger partial charge in [-0.05, 0) is 37.5 Å². The molecule has 1 fully saturated rings. The van der Waals surface area contributed by atoms with Crippen molar-refractivity contribution in [3.05, 3.63) is 40.2 Å². The van der Waals surface area contributed by atoms with Gasteiger partial charge in [0, 0.05) is 37.2 Å². The highest BCUT2D eigenvalue weighted by Gasteiger charge is 2.18. The van der Waals surface area contributed by atoms with Gasteiger partial charge in [-0.2, -0.15) is 0 Å². The highest BCUT2D eigenvalue weighted by atomic mass is 16.2. The minimum atomic E-state index is -0.0145. The molecule has 1 aromatic heterocycles. The molecule has 1 saturated heterocycles. The molecule has 2 aromatic rings. The molecule has 0 spiro atoms. The fourth-order valence-electron chi connectivity index (χ4n) is 3.03. The molecule has 1 aromatic carbocycles. The Morgan fingerprint density at radius 2 is 1.86 bits per heavy atom. The van der Waals surface area contributed by atoms with Crippen molar-refractivity contribution in [1.29, 1.82) is 0 Å². The van der Waals surface area contributed by atoms with Crippen LogP contribution >= 0.6 is 0 Å². The highest BCUT2D eigenvalue weighted by Crippen LogP contribution is 2.25. The third-order valence-electron chi connectivity index (χ3n) is 4.32. The molecule has 110 valence electrons. The summed E-state index contributed by atoms with van der Waals surface area (Å²) in [4.78, 5) is 26.0. The van der Waals surface area contributed by atoms with E-state index in [2.05, 4.69) is 0 Å². The molecule has 21 heavy (non-hydrogen) atoms. The van der Waals surface area contributed by atoms with Crippen molar-refractivity contribution >= 4 is 22.5 Å². The van der Waals surface area contributed by atoms with Crippen LogP contribution in [0.2, 0.25) is 0 Å². The van der Waals surface area contributed by atoms with Crippen LogP contribution in [0.25, 0.3) is 10.9 Å². The Hall–Kier alpha value is -2.10. The topological polar surface area (TPSA) is 42.3 Å². The summed E-state index contributed by atoms with van der Waals surface area (Å²) in [6.45, 7) is 2.71. The molecule has 4 nitrogen and oxygen atoms in total. The Balaban J connectivity index is 2.14. The second-order valence-corrected chi connectivity index (χ2v) is 5.78. The van der Waals surface area contributed by atoms with Gasteiger partial charge in [-0.1, -0.05) is 12.5 Å². The largest absolute Gasteiger partial charge is 0.312 e. The number of rotatable bonds is 1. The van der Waals surface area contributed by atoms with Crippen LogP contribution in [0.15, 0.2) is 29.1 Å². The number of carbonyl (C=O) groups is 1. The normalized spacial score (nSPS) is 16.3. The summed E-state index contributed by atoms with van der Waals surface area (Å²) in [6, 6.07) is 7.62. The zero-order valence-corrected chi connectivity index (χ0v) is 12.6. The molecule has 4 heteroatoms. The van der Waals surface area contributed by atoms with Crippen LogP contribution in [-0.4, -0.2) is 17.0 Å². The van der Waals surface area contributed by atoms with E-state index in [4.69, 9.17) is 0 Å². The van der Waals surface area contributed by atoms with Crippen molar-refractivity contribution in [2.45, 2.75) is 32.6 Å². The van der Waals surface area contributed by atoms with E-state index in [1.165, 1.54) is 0 Å². The number of aromatic nitrogens is 1. The zero-order valence-electron chi connectivity index (χ0n) is 12.6. The molecule has 1 aliphatic rings. The summed E-state index contributed by atoms with van der Waals surface area (Å²) < 4.78 is 1.65. The minimum Gasteiger partial charge on any atom is -0.312 e. The second-order valence-electron chi connectivity index (χ2n) is 5.78. The number of hydrogen-bond acceptors (Lipinski definition) is 2. The van der Waals surface area contributed by atoms with E-state index in [1.54, 1.807) is 17.7 Å². The monoisotopic (exact) mass is 284 g/mol. The molecule has 0 N–H and O–H groups in total. The number of pyridine rings is 1. The van der Waals surface area contributed by atoms with Gasteiger partial charge >= 0.3 is 0 Å². The minimum absolute atomic E-state index is 0.0145. The average Bonchev–Trinajstić information content (AvgIpc) is 2.69. The number of anilines is 1. The lowest BCUT2D eigenvalue weighted by atomic mass is 10.1. The number of benzene rings is 1. The van der Waals surface area contributed by atoms with Crippen LogP contribution in [0.5, 0.6) is 0 Å². The van der Waals surface area contributed by atoms with Gasteiger partial charge in [-0.25, -0.2) is 0 Å². The molecule has 3 rings (SSSR count). The summed E-state index contributed by atoms with van der Waals surface area (Å²) in [5.74, 6) is 0.185.